The van der Waals surface area contributed by atoms with E-state index in [1.54, 1.807) is 0 Å². The SMILES string of the molecule is Cl.NCCN1CC(F)C1. The van der Waals surface area contributed by atoms with Crippen molar-refractivity contribution < 1.29 is 4.39 Å². The second kappa shape index (κ2) is 4.04. The van der Waals surface area contributed by atoms with Gasteiger partial charge >= 0.3 is 0 Å². The standard InChI is InChI=1S/C5H11FN2.ClH/c6-5-3-8(4-5)2-1-7;/h5H,1-4,7H2;1H. The van der Waals surface area contributed by atoms with E-state index in [2.05, 4.69) is 0 Å². The highest BCUT2D eigenvalue weighted by Gasteiger charge is 2.24. The lowest BCUT2D eigenvalue weighted by atomic mass is 10.2. The van der Waals surface area contributed by atoms with E-state index in [0.29, 0.717) is 19.6 Å². The number of likely N-dealkylation sites (tertiary alicyclic amines) is 1. The molecule has 1 fully saturated rings. The predicted molar refractivity (Wildman–Crippen MR) is 37.6 cm³/mol. The molecule has 0 spiro atoms. The van der Waals surface area contributed by atoms with Crippen LogP contribution in [0.5, 0.6) is 0 Å². The highest BCUT2D eigenvalue weighted by atomic mass is 35.5. The summed E-state index contributed by atoms with van der Waals surface area (Å²) in [6.45, 7) is 2.68. The lowest BCUT2D eigenvalue weighted by Crippen LogP contribution is -2.49. The first kappa shape index (κ1) is 9.14. The lowest BCUT2D eigenvalue weighted by molar-refractivity contribution is 0.0689. The van der Waals surface area contributed by atoms with Gasteiger partial charge in [-0.25, -0.2) is 4.39 Å². The Kier molecular flexibility index (Phi) is 4.10. The van der Waals surface area contributed by atoms with E-state index in [1.165, 1.54) is 0 Å². The molecule has 1 rings (SSSR count). The maximum Gasteiger partial charge on any atom is 0.125 e. The van der Waals surface area contributed by atoms with Gasteiger partial charge in [-0.3, -0.25) is 4.90 Å². The van der Waals surface area contributed by atoms with Crippen LogP contribution in [0.2, 0.25) is 0 Å². The second-order valence-electron chi connectivity index (χ2n) is 2.15. The van der Waals surface area contributed by atoms with Gasteiger partial charge in [0.05, 0.1) is 0 Å². The molecule has 56 valence electrons. The second-order valence-corrected chi connectivity index (χ2v) is 2.15. The van der Waals surface area contributed by atoms with Crippen LogP contribution >= 0.6 is 12.4 Å². The fourth-order valence-electron chi connectivity index (χ4n) is 0.872. The molecule has 4 heteroatoms. The van der Waals surface area contributed by atoms with Gasteiger partial charge in [0, 0.05) is 26.2 Å². The van der Waals surface area contributed by atoms with E-state index in [1.807, 2.05) is 4.90 Å². The first-order valence-electron chi connectivity index (χ1n) is 2.89. The summed E-state index contributed by atoms with van der Waals surface area (Å²) in [6, 6.07) is 0. The van der Waals surface area contributed by atoms with Crippen LogP contribution in [0.15, 0.2) is 0 Å². The van der Waals surface area contributed by atoms with E-state index in [9.17, 15) is 4.39 Å². The number of halogens is 2. The third-order valence-corrected chi connectivity index (χ3v) is 1.36. The maximum absolute atomic E-state index is 12.0. The molecule has 0 aromatic heterocycles. The smallest absolute Gasteiger partial charge is 0.125 e. The fraction of sp³-hybridized carbons (Fsp3) is 1.00. The van der Waals surface area contributed by atoms with E-state index in [0.717, 1.165) is 6.54 Å². The monoisotopic (exact) mass is 154 g/mol. The lowest BCUT2D eigenvalue weighted by Gasteiger charge is -2.33. The molecule has 0 aliphatic carbocycles. The van der Waals surface area contributed by atoms with Crippen molar-refractivity contribution >= 4 is 12.4 Å². The van der Waals surface area contributed by atoms with Crippen molar-refractivity contribution in [2.75, 3.05) is 26.2 Å². The van der Waals surface area contributed by atoms with Crippen molar-refractivity contribution in [1.82, 2.24) is 4.90 Å². The number of rotatable bonds is 2. The third-order valence-electron chi connectivity index (χ3n) is 1.36. The number of alkyl halides is 1. The molecule has 0 atom stereocenters. The molecular formula is C5H12ClFN2. The van der Waals surface area contributed by atoms with E-state index >= 15 is 0 Å². The normalized spacial score (nSPS) is 20.7. The average molecular weight is 155 g/mol. The highest BCUT2D eigenvalue weighted by Crippen LogP contribution is 2.08. The molecule has 2 nitrogen and oxygen atoms in total. The molecule has 1 aliphatic rings. The number of hydrogen-bond donors (Lipinski definition) is 1. The summed E-state index contributed by atoms with van der Waals surface area (Å²) in [4.78, 5) is 2.00. The first-order valence-corrected chi connectivity index (χ1v) is 2.89. The van der Waals surface area contributed by atoms with E-state index in [4.69, 9.17) is 5.73 Å². The minimum atomic E-state index is -0.582. The molecule has 9 heavy (non-hydrogen) atoms. The van der Waals surface area contributed by atoms with E-state index < -0.39 is 6.17 Å². The van der Waals surface area contributed by atoms with E-state index in [-0.39, 0.29) is 12.4 Å². The Balaban J connectivity index is 0.000000640. The summed E-state index contributed by atoms with van der Waals surface area (Å²) in [5, 5.41) is 0. The van der Waals surface area contributed by atoms with Crippen LogP contribution in [0.3, 0.4) is 0 Å². The highest BCUT2D eigenvalue weighted by molar-refractivity contribution is 5.85. The maximum atomic E-state index is 12.0. The van der Waals surface area contributed by atoms with Crippen LogP contribution < -0.4 is 5.73 Å². The third kappa shape index (κ3) is 2.47. The molecule has 0 amide bonds. The van der Waals surface area contributed by atoms with Crippen LogP contribution in [0.4, 0.5) is 4.39 Å². The van der Waals surface area contributed by atoms with Crippen molar-refractivity contribution in [1.29, 1.82) is 0 Å². The Bertz CT molecular complexity index is 72.6. The van der Waals surface area contributed by atoms with Gasteiger partial charge in [-0.1, -0.05) is 0 Å². The Morgan fingerprint density at radius 2 is 2.11 bits per heavy atom. The first-order chi connectivity index (χ1) is 3.83. The van der Waals surface area contributed by atoms with Gasteiger partial charge in [-0.05, 0) is 0 Å². The van der Waals surface area contributed by atoms with Crippen LogP contribution in [0, 0.1) is 0 Å². The van der Waals surface area contributed by atoms with Gasteiger partial charge in [0.15, 0.2) is 0 Å². The number of nitrogens with two attached hydrogens (primary N) is 1. The number of nitrogens with zero attached hydrogens (tertiary/aromatic N) is 1. The molecule has 1 aliphatic heterocycles. The van der Waals surface area contributed by atoms with Crippen molar-refractivity contribution in [2.24, 2.45) is 5.73 Å². The minimum Gasteiger partial charge on any atom is -0.329 e. The zero-order valence-corrected chi connectivity index (χ0v) is 6.03. The Hall–Kier alpha value is 0.140. The largest absolute Gasteiger partial charge is 0.329 e. The number of hydrogen-bond acceptors (Lipinski definition) is 2. The summed E-state index contributed by atoms with van der Waals surface area (Å²) in [6.07, 6.45) is -0.582. The zero-order valence-electron chi connectivity index (χ0n) is 5.22. The summed E-state index contributed by atoms with van der Waals surface area (Å²) >= 11 is 0. The summed E-state index contributed by atoms with van der Waals surface area (Å²) in [5.74, 6) is 0. The van der Waals surface area contributed by atoms with Crippen LogP contribution in [0.1, 0.15) is 0 Å². The van der Waals surface area contributed by atoms with Gasteiger partial charge in [-0.15, -0.1) is 12.4 Å². The molecule has 0 saturated carbocycles. The van der Waals surface area contributed by atoms with Gasteiger partial charge < -0.3 is 5.73 Å². The van der Waals surface area contributed by atoms with Gasteiger partial charge in [0.25, 0.3) is 0 Å². The summed E-state index contributed by atoms with van der Waals surface area (Å²) in [5.41, 5.74) is 5.22. The summed E-state index contributed by atoms with van der Waals surface area (Å²) in [7, 11) is 0. The van der Waals surface area contributed by atoms with Gasteiger partial charge in [0.1, 0.15) is 6.17 Å². The van der Waals surface area contributed by atoms with Crippen LogP contribution in [-0.4, -0.2) is 37.3 Å². The molecule has 0 bridgehead atoms. The molecule has 0 unspecified atom stereocenters. The molecule has 1 heterocycles. The quantitative estimate of drug-likeness (QED) is 0.608. The Morgan fingerprint density at radius 1 is 1.56 bits per heavy atom. The fourth-order valence-corrected chi connectivity index (χ4v) is 0.872. The predicted octanol–water partition coefficient (Wildman–Crippen LogP) is 0.0206. The van der Waals surface area contributed by atoms with Crippen LogP contribution in [0.25, 0.3) is 0 Å². The van der Waals surface area contributed by atoms with Crippen molar-refractivity contribution in [3.8, 4) is 0 Å². The molecule has 0 radical (unpaired) electrons. The molecule has 1 saturated heterocycles. The minimum absolute atomic E-state index is 0. The summed E-state index contributed by atoms with van der Waals surface area (Å²) < 4.78 is 12.0. The van der Waals surface area contributed by atoms with Crippen molar-refractivity contribution in [2.45, 2.75) is 6.17 Å². The zero-order chi connectivity index (χ0) is 5.98. The van der Waals surface area contributed by atoms with Gasteiger partial charge in [0.2, 0.25) is 0 Å². The van der Waals surface area contributed by atoms with Gasteiger partial charge in [-0.2, -0.15) is 0 Å². The topological polar surface area (TPSA) is 29.3 Å². The van der Waals surface area contributed by atoms with Crippen LogP contribution in [-0.2, 0) is 0 Å². The molecule has 0 aromatic rings. The molecule has 0 aromatic carbocycles. The van der Waals surface area contributed by atoms with Crippen molar-refractivity contribution in [3.05, 3.63) is 0 Å². The van der Waals surface area contributed by atoms with Crippen molar-refractivity contribution in [3.63, 3.8) is 0 Å². The Labute approximate surface area is 60.6 Å². The average Bonchev–Trinajstić information content (AvgIpc) is 1.64. The molecule has 2 N–H and O–H groups in total. The molecular weight excluding hydrogens is 143 g/mol. The Morgan fingerprint density at radius 3 is 2.44 bits per heavy atom.